The van der Waals surface area contributed by atoms with Crippen LogP contribution in [0.15, 0.2) is 40.9 Å². The fraction of sp³-hybridized carbons (Fsp3) is 0.462. The number of benzene rings is 1. The first-order chi connectivity index (χ1) is 17.1. The SMILES string of the molecule is CCCc1cc(C(=O)N2CCc3c(c(C(=O)N4CCN(c5ccccc5)CC4)nn3CC)C2)no1. The third kappa shape index (κ3) is 4.54. The van der Waals surface area contributed by atoms with Crippen LogP contribution in [0.1, 0.15) is 58.3 Å². The topological polar surface area (TPSA) is 87.7 Å². The zero-order valence-electron chi connectivity index (χ0n) is 20.4. The third-order valence-electron chi connectivity index (χ3n) is 6.89. The fourth-order valence-corrected chi connectivity index (χ4v) is 4.99. The zero-order valence-corrected chi connectivity index (χ0v) is 20.4. The van der Waals surface area contributed by atoms with Crippen LogP contribution >= 0.6 is 0 Å². The Morgan fingerprint density at radius 3 is 2.46 bits per heavy atom. The largest absolute Gasteiger partial charge is 0.368 e. The lowest BCUT2D eigenvalue weighted by atomic mass is 10.0. The van der Waals surface area contributed by atoms with Crippen LogP contribution in [0.25, 0.3) is 0 Å². The molecule has 9 heteroatoms. The standard InChI is InChI=1S/C26H32N6O3/c1-3-8-20-17-22(28-35-20)25(33)31-12-11-23-21(18-31)24(27-32(23)4-2)26(34)30-15-13-29(14-16-30)19-9-6-5-7-10-19/h5-7,9-10,17H,3-4,8,11-16,18H2,1-2H3. The van der Waals surface area contributed by atoms with E-state index in [-0.39, 0.29) is 11.8 Å². The predicted octanol–water partition coefficient (Wildman–Crippen LogP) is 3.00. The van der Waals surface area contributed by atoms with Gasteiger partial charge in [0.2, 0.25) is 0 Å². The molecule has 0 N–H and O–H groups in total. The van der Waals surface area contributed by atoms with Gasteiger partial charge in [0.05, 0.1) is 6.54 Å². The molecular weight excluding hydrogens is 444 g/mol. The zero-order chi connectivity index (χ0) is 24.4. The summed E-state index contributed by atoms with van der Waals surface area (Å²) in [5.74, 6) is 0.501. The van der Waals surface area contributed by atoms with Crippen molar-refractivity contribution in [3.63, 3.8) is 0 Å². The number of fused-ring (bicyclic) bond motifs is 1. The lowest BCUT2D eigenvalue weighted by molar-refractivity contribution is 0.0703. The Labute approximate surface area is 205 Å². The number of carbonyl (C=O) groups excluding carboxylic acids is 2. The van der Waals surface area contributed by atoms with Gasteiger partial charge in [-0.25, -0.2) is 0 Å². The molecule has 5 rings (SSSR count). The summed E-state index contributed by atoms with van der Waals surface area (Å²) in [7, 11) is 0. The van der Waals surface area contributed by atoms with Crippen LogP contribution in [0.2, 0.25) is 0 Å². The molecule has 0 saturated carbocycles. The Bertz CT molecular complexity index is 1190. The van der Waals surface area contributed by atoms with Gasteiger partial charge in [-0.15, -0.1) is 0 Å². The third-order valence-corrected chi connectivity index (χ3v) is 6.89. The lowest BCUT2D eigenvalue weighted by Gasteiger charge is -2.36. The van der Waals surface area contributed by atoms with Gasteiger partial charge < -0.3 is 19.2 Å². The molecule has 1 saturated heterocycles. The summed E-state index contributed by atoms with van der Waals surface area (Å²) in [6, 6.07) is 12.0. The number of aryl methyl sites for hydroxylation is 2. The van der Waals surface area contributed by atoms with Gasteiger partial charge in [-0.05, 0) is 25.5 Å². The molecule has 35 heavy (non-hydrogen) atoms. The van der Waals surface area contributed by atoms with E-state index in [9.17, 15) is 9.59 Å². The van der Waals surface area contributed by atoms with Crippen molar-refractivity contribution in [2.24, 2.45) is 0 Å². The molecule has 1 fully saturated rings. The van der Waals surface area contributed by atoms with Gasteiger partial charge in [-0.2, -0.15) is 5.10 Å². The number of carbonyl (C=O) groups is 2. The highest BCUT2D eigenvalue weighted by molar-refractivity contribution is 5.95. The number of anilines is 1. The highest BCUT2D eigenvalue weighted by Gasteiger charge is 2.33. The van der Waals surface area contributed by atoms with Gasteiger partial charge in [-0.1, -0.05) is 30.3 Å². The first-order valence-electron chi connectivity index (χ1n) is 12.5. The van der Waals surface area contributed by atoms with Gasteiger partial charge >= 0.3 is 0 Å². The number of piperazine rings is 1. The number of para-hydroxylation sites is 1. The van der Waals surface area contributed by atoms with Crippen LogP contribution in [-0.2, 0) is 25.9 Å². The van der Waals surface area contributed by atoms with E-state index in [4.69, 9.17) is 9.62 Å². The van der Waals surface area contributed by atoms with Crippen LogP contribution in [0, 0.1) is 0 Å². The van der Waals surface area contributed by atoms with Crippen molar-refractivity contribution < 1.29 is 14.1 Å². The van der Waals surface area contributed by atoms with Gasteiger partial charge in [0.25, 0.3) is 11.8 Å². The second-order valence-electron chi connectivity index (χ2n) is 9.11. The van der Waals surface area contributed by atoms with Crippen molar-refractivity contribution in [3.8, 4) is 0 Å². The molecule has 184 valence electrons. The summed E-state index contributed by atoms with van der Waals surface area (Å²) < 4.78 is 7.23. The van der Waals surface area contributed by atoms with E-state index >= 15 is 0 Å². The minimum atomic E-state index is -0.166. The summed E-state index contributed by atoms with van der Waals surface area (Å²) in [5, 5.41) is 8.68. The van der Waals surface area contributed by atoms with Crippen LogP contribution in [0.4, 0.5) is 5.69 Å². The van der Waals surface area contributed by atoms with Crippen molar-refractivity contribution in [1.29, 1.82) is 0 Å². The van der Waals surface area contributed by atoms with Gasteiger partial charge in [-0.3, -0.25) is 14.3 Å². The molecule has 0 bridgehead atoms. The lowest BCUT2D eigenvalue weighted by Crippen LogP contribution is -2.49. The van der Waals surface area contributed by atoms with Crippen LogP contribution < -0.4 is 4.90 Å². The number of hydrogen-bond acceptors (Lipinski definition) is 6. The minimum absolute atomic E-state index is 0.0536. The smallest absolute Gasteiger partial charge is 0.276 e. The molecule has 0 radical (unpaired) electrons. The van der Waals surface area contributed by atoms with E-state index in [0.717, 1.165) is 42.9 Å². The summed E-state index contributed by atoms with van der Waals surface area (Å²) >= 11 is 0. The van der Waals surface area contributed by atoms with Gasteiger partial charge in [0.1, 0.15) is 5.76 Å². The van der Waals surface area contributed by atoms with Crippen LogP contribution in [-0.4, -0.2) is 69.3 Å². The van der Waals surface area contributed by atoms with E-state index < -0.39 is 0 Å². The average Bonchev–Trinajstić information content (AvgIpc) is 3.53. The van der Waals surface area contributed by atoms with Crippen molar-refractivity contribution in [3.05, 3.63) is 64.8 Å². The number of nitrogens with zero attached hydrogens (tertiary/aromatic N) is 6. The van der Waals surface area contributed by atoms with Crippen molar-refractivity contribution in [2.75, 3.05) is 37.6 Å². The molecule has 0 unspecified atom stereocenters. The van der Waals surface area contributed by atoms with Gasteiger partial charge in [0.15, 0.2) is 11.4 Å². The Hall–Kier alpha value is -3.62. The molecule has 9 nitrogen and oxygen atoms in total. The maximum absolute atomic E-state index is 13.6. The molecule has 4 heterocycles. The monoisotopic (exact) mass is 476 g/mol. The second-order valence-corrected chi connectivity index (χ2v) is 9.11. The summed E-state index contributed by atoms with van der Waals surface area (Å²) in [6.45, 7) is 8.55. The Morgan fingerprint density at radius 2 is 1.74 bits per heavy atom. The van der Waals surface area contributed by atoms with E-state index in [1.165, 1.54) is 5.69 Å². The van der Waals surface area contributed by atoms with Crippen LogP contribution in [0.3, 0.4) is 0 Å². The summed E-state index contributed by atoms with van der Waals surface area (Å²) in [4.78, 5) is 32.6. The maximum Gasteiger partial charge on any atom is 0.276 e. The average molecular weight is 477 g/mol. The summed E-state index contributed by atoms with van der Waals surface area (Å²) in [6.07, 6.45) is 2.34. The first kappa shape index (κ1) is 23.1. The Morgan fingerprint density at radius 1 is 0.971 bits per heavy atom. The number of rotatable bonds is 6. The van der Waals surface area contributed by atoms with Gasteiger partial charge in [0, 0.05) is 75.1 Å². The Kier molecular flexibility index (Phi) is 6.57. The van der Waals surface area contributed by atoms with E-state index in [1.807, 2.05) is 34.7 Å². The highest BCUT2D eigenvalue weighted by Crippen LogP contribution is 2.26. The molecule has 0 atom stereocenters. The first-order valence-corrected chi connectivity index (χ1v) is 12.5. The molecule has 2 amide bonds. The normalized spacial score (nSPS) is 15.9. The van der Waals surface area contributed by atoms with Crippen molar-refractivity contribution in [2.45, 2.75) is 46.2 Å². The Balaban J connectivity index is 1.32. The van der Waals surface area contributed by atoms with E-state index in [0.29, 0.717) is 50.5 Å². The molecular formula is C26H32N6O3. The molecule has 2 aliphatic heterocycles. The summed E-state index contributed by atoms with van der Waals surface area (Å²) in [5.41, 5.74) is 3.88. The highest BCUT2D eigenvalue weighted by atomic mass is 16.5. The van der Waals surface area contributed by atoms with Crippen LogP contribution in [0.5, 0.6) is 0 Å². The number of aromatic nitrogens is 3. The van der Waals surface area contributed by atoms with Crippen molar-refractivity contribution >= 4 is 17.5 Å². The van der Waals surface area contributed by atoms with E-state index in [1.54, 1.807) is 11.0 Å². The molecule has 0 spiro atoms. The predicted molar refractivity (Wildman–Crippen MR) is 131 cm³/mol. The quantitative estimate of drug-likeness (QED) is 0.544. The second kappa shape index (κ2) is 9.93. The molecule has 2 aliphatic rings. The minimum Gasteiger partial charge on any atom is -0.368 e. The molecule has 2 aromatic heterocycles. The van der Waals surface area contributed by atoms with Crippen molar-refractivity contribution in [1.82, 2.24) is 24.7 Å². The number of amides is 2. The molecule has 1 aromatic carbocycles. The fourth-order valence-electron chi connectivity index (χ4n) is 4.99. The number of hydrogen-bond donors (Lipinski definition) is 0. The maximum atomic E-state index is 13.6. The van der Waals surface area contributed by atoms with E-state index in [2.05, 4.69) is 29.1 Å². The molecule has 3 aromatic rings. The molecule has 0 aliphatic carbocycles.